The summed E-state index contributed by atoms with van der Waals surface area (Å²) in [6, 6.07) is 6.07. The monoisotopic (exact) mass is 294 g/mol. The van der Waals surface area contributed by atoms with Crippen LogP contribution in [0.5, 0.6) is 5.75 Å². The Morgan fingerprint density at radius 3 is 2.57 bits per heavy atom. The molecule has 1 aliphatic carbocycles. The predicted molar refractivity (Wildman–Crippen MR) is 84.2 cm³/mol. The lowest BCUT2D eigenvalue weighted by atomic mass is 10.2. The first-order valence-corrected chi connectivity index (χ1v) is 7.82. The van der Waals surface area contributed by atoms with E-state index in [9.17, 15) is 4.39 Å². The third-order valence-corrected chi connectivity index (χ3v) is 4.49. The van der Waals surface area contributed by atoms with Crippen LogP contribution in [0.2, 0.25) is 0 Å². The van der Waals surface area contributed by atoms with Crippen molar-refractivity contribution in [2.45, 2.75) is 38.3 Å². The fraction of sp³-hybridized carbons (Fsp3) is 0.647. The molecule has 0 atom stereocenters. The van der Waals surface area contributed by atoms with Crippen LogP contribution < -0.4 is 4.74 Å². The van der Waals surface area contributed by atoms with Crippen LogP contribution in [0.25, 0.3) is 0 Å². The fourth-order valence-electron chi connectivity index (χ4n) is 3.06. The molecule has 118 valence electrons. The van der Waals surface area contributed by atoms with Gasteiger partial charge in [0.05, 0.1) is 7.11 Å². The van der Waals surface area contributed by atoms with Gasteiger partial charge in [0.1, 0.15) is 0 Å². The molecule has 0 bridgehead atoms. The molecule has 1 saturated carbocycles. The molecule has 0 aliphatic heterocycles. The van der Waals surface area contributed by atoms with E-state index in [0.717, 1.165) is 19.1 Å². The summed E-state index contributed by atoms with van der Waals surface area (Å²) in [6.07, 6.45) is 5.37. The van der Waals surface area contributed by atoms with E-state index in [0.29, 0.717) is 17.9 Å². The number of nitrogens with zero attached hydrogens (tertiary/aromatic N) is 2. The van der Waals surface area contributed by atoms with Gasteiger partial charge in [-0.1, -0.05) is 25.0 Å². The first-order chi connectivity index (χ1) is 10.1. The van der Waals surface area contributed by atoms with Crippen molar-refractivity contribution in [2.24, 2.45) is 0 Å². The van der Waals surface area contributed by atoms with Gasteiger partial charge in [0.25, 0.3) is 0 Å². The van der Waals surface area contributed by atoms with E-state index >= 15 is 0 Å². The van der Waals surface area contributed by atoms with E-state index < -0.39 is 0 Å². The van der Waals surface area contributed by atoms with Crippen LogP contribution in [-0.2, 0) is 6.54 Å². The van der Waals surface area contributed by atoms with Crippen LogP contribution in [-0.4, -0.2) is 50.1 Å². The number of rotatable bonds is 7. The second kappa shape index (κ2) is 7.76. The number of ether oxygens (including phenoxy) is 1. The van der Waals surface area contributed by atoms with E-state index in [1.54, 1.807) is 6.07 Å². The van der Waals surface area contributed by atoms with Crippen molar-refractivity contribution in [3.8, 4) is 5.75 Å². The van der Waals surface area contributed by atoms with E-state index in [1.807, 2.05) is 19.2 Å². The standard InChI is InChI=1S/C17H27FN2O/c1-19(11-12-20(2)15-8-4-5-9-15)13-14-7-6-10-16(21-3)17(14)18/h6-7,10,15H,4-5,8-9,11-13H2,1-3H3. The summed E-state index contributed by atoms with van der Waals surface area (Å²) in [6.45, 7) is 2.60. The molecule has 0 spiro atoms. The lowest BCUT2D eigenvalue weighted by Gasteiger charge is -2.27. The van der Waals surface area contributed by atoms with Crippen LogP contribution in [0, 0.1) is 5.82 Å². The highest BCUT2D eigenvalue weighted by Gasteiger charge is 2.19. The number of hydrogen-bond acceptors (Lipinski definition) is 3. The Labute approximate surface area is 127 Å². The Bertz CT molecular complexity index is 446. The summed E-state index contributed by atoms with van der Waals surface area (Å²) in [5.74, 6) is 0.0833. The molecule has 1 aromatic carbocycles. The molecule has 21 heavy (non-hydrogen) atoms. The first kappa shape index (κ1) is 16.2. The van der Waals surface area contributed by atoms with Crippen molar-refractivity contribution in [3.63, 3.8) is 0 Å². The van der Waals surface area contributed by atoms with Crippen molar-refractivity contribution in [2.75, 3.05) is 34.3 Å². The molecule has 0 radical (unpaired) electrons. The summed E-state index contributed by atoms with van der Waals surface area (Å²) in [7, 11) is 5.75. The van der Waals surface area contributed by atoms with Gasteiger partial charge in [0, 0.05) is 31.2 Å². The lowest BCUT2D eigenvalue weighted by molar-refractivity contribution is 0.203. The van der Waals surface area contributed by atoms with Crippen LogP contribution >= 0.6 is 0 Å². The summed E-state index contributed by atoms with van der Waals surface area (Å²) >= 11 is 0. The third kappa shape index (κ3) is 4.42. The van der Waals surface area contributed by atoms with E-state index in [1.165, 1.54) is 32.8 Å². The first-order valence-electron chi connectivity index (χ1n) is 7.82. The number of halogens is 1. The zero-order valence-electron chi connectivity index (χ0n) is 13.4. The average molecular weight is 294 g/mol. The number of likely N-dealkylation sites (N-methyl/N-ethyl adjacent to an activating group) is 2. The van der Waals surface area contributed by atoms with Crippen LogP contribution in [0.1, 0.15) is 31.2 Å². The molecule has 3 nitrogen and oxygen atoms in total. The van der Waals surface area contributed by atoms with E-state index in [4.69, 9.17) is 4.74 Å². The summed E-state index contributed by atoms with van der Waals surface area (Å²) in [5.41, 5.74) is 0.695. The topological polar surface area (TPSA) is 15.7 Å². The highest BCUT2D eigenvalue weighted by Crippen LogP contribution is 2.23. The SMILES string of the molecule is COc1cccc(CN(C)CCN(C)C2CCCC2)c1F. The maximum Gasteiger partial charge on any atom is 0.169 e. The molecule has 1 aliphatic rings. The van der Waals surface area contributed by atoms with Gasteiger partial charge in [-0.2, -0.15) is 0 Å². The van der Waals surface area contributed by atoms with Gasteiger partial charge >= 0.3 is 0 Å². The van der Waals surface area contributed by atoms with Crippen LogP contribution in [0.15, 0.2) is 18.2 Å². The molecule has 0 aromatic heterocycles. The second-order valence-corrected chi connectivity index (χ2v) is 6.09. The minimum atomic E-state index is -0.240. The highest BCUT2D eigenvalue weighted by molar-refractivity contribution is 5.30. The number of methoxy groups -OCH3 is 1. The Hall–Kier alpha value is -1.13. The van der Waals surface area contributed by atoms with Gasteiger partial charge in [-0.25, -0.2) is 4.39 Å². The van der Waals surface area contributed by atoms with Gasteiger partial charge in [-0.05, 0) is 33.0 Å². The molecular formula is C17H27FN2O. The summed E-state index contributed by atoms with van der Waals surface area (Å²) in [5, 5.41) is 0. The molecule has 0 saturated heterocycles. The number of hydrogen-bond donors (Lipinski definition) is 0. The Balaban J connectivity index is 1.82. The van der Waals surface area contributed by atoms with Crippen molar-refractivity contribution in [3.05, 3.63) is 29.6 Å². The zero-order chi connectivity index (χ0) is 15.2. The van der Waals surface area contributed by atoms with Gasteiger partial charge < -0.3 is 14.5 Å². The maximum absolute atomic E-state index is 14.1. The molecule has 4 heteroatoms. The van der Waals surface area contributed by atoms with Gasteiger partial charge in [-0.15, -0.1) is 0 Å². The lowest BCUT2D eigenvalue weighted by Crippen LogP contribution is -2.36. The Morgan fingerprint density at radius 2 is 1.90 bits per heavy atom. The van der Waals surface area contributed by atoms with E-state index in [2.05, 4.69) is 16.8 Å². The van der Waals surface area contributed by atoms with E-state index in [-0.39, 0.29) is 5.82 Å². The summed E-state index contributed by atoms with van der Waals surface area (Å²) < 4.78 is 19.1. The molecule has 0 N–H and O–H groups in total. The minimum absolute atomic E-state index is 0.240. The van der Waals surface area contributed by atoms with Crippen LogP contribution in [0.4, 0.5) is 4.39 Å². The fourth-order valence-corrected chi connectivity index (χ4v) is 3.06. The summed E-state index contributed by atoms with van der Waals surface area (Å²) in [4.78, 5) is 4.62. The van der Waals surface area contributed by atoms with Gasteiger partial charge in [0.2, 0.25) is 0 Å². The predicted octanol–water partition coefficient (Wildman–Crippen LogP) is 3.14. The van der Waals surface area contributed by atoms with Crippen molar-refractivity contribution in [1.82, 2.24) is 9.80 Å². The maximum atomic E-state index is 14.1. The minimum Gasteiger partial charge on any atom is -0.494 e. The molecule has 0 amide bonds. The van der Waals surface area contributed by atoms with Gasteiger partial charge in [-0.3, -0.25) is 0 Å². The van der Waals surface area contributed by atoms with Gasteiger partial charge in [0.15, 0.2) is 11.6 Å². The van der Waals surface area contributed by atoms with Crippen molar-refractivity contribution >= 4 is 0 Å². The zero-order valence-corrected chi connectivity index (χ0v) is 13.4. The third-order valence-electron chi connectivity index (χ3n) is 4.49. The Morgan fingerprint density at radius 1 is 1.19 bits per heavy atom. The Kier molecular flexibility index (Phi) is 6.00. The molecule has 0 heterocycles. The second-order valence-electron chi connectivity index (χ2n) is 6.09. The van der Waals surface area contributed by atoms with Crippen molar-refractivity contribution < 1.29 is 9.13 Å². The van der Waals surface area contributed by atoms with Crippen molar-refractivity contribution in [1.29, 1.82) is 0 Å². The largest absolute Gasteiger partial charge is 0.494 e. The molecular weight excluding hydrogens is 267 g/mol. The number of benzene rings is 1. The molecule has 1 fully saturated rings. The smallest absolute Gasteiger partial charge is 0.169 e. The highest BCUT2D eigenvalue weighted by atomic mass is 19.1. The average Bonchev–Trinajstić information content (AvgIpc) is 3.01. The molecule has 0 unspecified atom stereocenters. The normalized spacial score (nSPS) is 16.1. The molecule has 1 aromatic rings. The van der Waals surface area contributed by atoms with Crippen LogP contribution in [0.3, 0.4) is 0 Å². The molecule has 2 rings (SSSR count). The quantitative estimate of drug-likeness (QED) is 0.768.